The van der Waals surface area contributed by atoms with Gasteiger partial charge in [-0.25, -0.2) is 4.79 Å². The van der Waals surface area contributed by atoms with Crippen LogP contribution in [0.1, 0.15) is 48.4 Å². The van der Waals surface area contributed by atoms with E-state index in [1.807, 2.05) is 0 Å². The molecule has 0 aromatic carbocycles. The van der Waals surface area contributed by atoms with Crippen molar-refractivity contribution < 1.29 is 19.1 Å². The second-order valence-corrected chi connectivity index (χ2v) is 6.04. The number of esters is 1. The Morgan fingerprint density at radius 3 is 2.30 bits per heavy atom. The summed E-state index contributed by atoms with van der Waals surface area (Å²) in [5, 5.41) is 5.49. The van der Waals surface area contributed by atoms with Crippen molar-refractivity contribution in [3.63, 3.8) is 0 Å². The Labute approximate surface area is 121 Å². The van der Waals surface area contributed by atoms with Crippen LogP contribution in [0.15, 0.2) is 10.8 Å². The molecule has 1 heterocycles. The molecule has 1 rings (SSSR count). The summed E-state index contributed by atoms with van der Waals surface area (Å²) in [6.45, 7) is 6.70. The van der Waals surface area contributed by atoms with E-state index in [0.717, 1.165) is 0 Å². The maximum atomic E-state index is 12.0. The number of ether oxygens (including phenoxy) is 1. The van der Waals surface area contributed by atoms with Crippen LogP contribution in [0.25, 0.3) is 0 Å². The molecule has 0 aliphatic carbocycles. The monoisotopic (exact) mass is 298 g/mol. The minimum absolute atomic E-state index is 0.178. The number of carbonyl (C=O) groups is 3. The highest BCUT2D eigenvalue weighted by Gasteiger charge is 2.25. The number of hydrogen-bond acceptors (Lipinski definition) is 5. The second-order valence-electron chi connectivity index (χ2n) is 5.30. The summed E-state index contributed by atoms with van der Waals surface area (Å²) in [6, 6.07) is -0.811. The molecule has 110 valence electrons. The lowest BCUT2D eigenvalue weighted by atomic mass is 10.1. The molecule has 0 spiro atoms. The fraction of sp³-hybridized carbons (Fsp3) is 0.462. The first kappa shape index (κ1) is 16.2. The van der Waals surface area contributed by atoms with E-state index in [4.69, 9.17) is 10.5 Å². The third-order valence-electron chi connectivity index (χ3n) is 2.30. The van der Waals surface area contributed by atoms with E-state index in [0.29, 0.717) is 0 Å². The lowest BCUT2D eigenvalue weighted by Crippen LogP contribution is -2.42. The zero-order valence-corrected chi connectivity index (χ0v) is 12.7. The average molecular weight is 298 g/mol. The summed E-state index contributed by atoms with van der Waals surface area (Å²) < 4.78 is 5.22. The first-order valence-corrected chi connectivity index (χ1v) is 6.96. The SMILES string of the molecule is CC(NC(=O)c1cscc1C(=O)OC(C)(C)C)C(N)=O. The smallest absolute Gasteiger partial charge is 0.340 e. The summed E-state index contributed by atoms with van der Waals surface area (Å²) in [4.78, 5) is 34.9. The lowest BCUT2D eigenvalue weighted by Gasteiger charge is -2.19. The Morgan fingerprint density at radius 2 is 1.80 bits per heavy atom. The van der Waals surface area contributed by atoms with Gasteiger partial charge < -0.3 is 15.8 Å². The van der Waals surface area contributed by atoms with Gasteiger partial charge in [0.15, 0.2) is 0 Å². The topological polar surface area (TPSA) is 98.5 Å². The van der Waals surface area contributed by atoms with Crippen LogP contribution in [0, 0.1) is 0 Å². The van der Waals surface area contributed by atoms with Crippen molar-refractivity contribution in [2.45, 2.75) is 39.3 Å². The normalized spacial score (nSPS) is 12.6. The highest BCUT2D eigenvalue weighted by molar-refractivity contribution is 7.08. The number of thiophene rings is 1. The van der Waals surface area contributed by atoms with Gasteiger partial charge in [-0.05, 0) is 27.7 Å². The Bertz CT molecular complexity index is 531. The van der Waals surface area contributed by atoms with Gasteiger partial charge in [0.25, 0.3) is 5.91 Å². The van der Waals surface area contributed by atoms with Crippen molar-refractivity contribution in [2.75, 3.05) is 0 Å². The van der Waals surface area contributed by atoms with Crippen molar-refractivity contribution in [1.82, 2.24) is 5.32 Å². The van der Waals surface area contributed by atoms with E-state index in [-0.39, 0.29) is 11.1 Å². The van der Waals surface area contributed by atoms with Gasteiger partial charge in [0, 0.05) is 10.8 Å². The Balaban J connectivity index is 2.89. The van der Waals surface area contributed by atoms with Crippen LogP contribution in [-0.4, -0.2) is 29.4 Å². The predicted octanol–water partition coefficient (Wildman–Crippen LogP) is 1.31. The van der Waals surface area contributed by atoms with Crippen LogP contribution in [0.3, 0.4) is 0 Å². The van der Waals surface area contributed by atoms with E-state index < -0.39 is 29.4 Å². The molecule has 1 atom stereocenters. The number of amides is 2. The molecule has 2 amide bonds. The van der Waals surface area contributed by atoms with Gasteiger partial charge in [-0.1, -0.05) is 0 Å². The molecule has 1 unspecified atom stereocenters. The van der Waals surface area contributed by atoms with Crippen LogP contribution in [0.5, 0.6) is 0 Å². The van der Waals surface area contributed by atoms with E-state index in [2.05, 4.69) is 5.32 Å². The molecule has 0 radical (unpaired) electrons. The Kier molecular flexibility index (Phi) is 4.88. The molecule has 0 fully saturated rings. The van der Waals surface area contributed by atoms with E-state index in [9.17, 15) is 14.4 Å². The fourth-order valence-electron chi connectivity index (χ4n) is 1.31. The highest BCUT2D eigenvalue weighted by Crippen LogP contribution is 2.19. The Hall–Kier alpha value is -1.89. The number of primary amides is 1. The minimum Gasteiger partial charge on any atom is -0.456 e. The quantitative estimate of drug-likeness (QED) is 0.819. The molecule has 0 saturated heterocycles. The third kappa shape index (κ3) is 4.34. The molecule has 3 N–H and O–H groups in total. The molecule has 0 bridgehead atoms. The summed E-state index contributed by atoms with van der Waals surface area (Å²) in [6.07, 6.45) is 0. The molecule has 1 aromatic rings. The number of hydrogen-bond donors (Lipinski definition) is 2. The van der Waals surface area contributed by atoms with E-state index in [1.165, 1.54) is 29.0 Å². The van der Waals surface area contributed by atoms with Crippen LogP contribution >= 0.6 is 11.3 Å². The van der Waals surface area contributed by atoms with E-state index >= 15 is 0 Å². The van der Waals surface area contributed by atoms with Crippen LogP contribution < -0.4 is 11.1 Å². The first-order chi connectivity index (χ1) is 9.11. The van der Waals surface area contributed by atoms with Crippen molar-refractivity contribution in [1.29, 1.82) is 0 Å². The van der Waals surface area contributed by atoms with Gasteiger partial charge in [0.1, 0.15) is 11.6 Å². The van der Waals surface area contributed by atoms with Gasteiger partial charge in [0.2, 0.25) is 5.91 Å². The zero-order valence-electron chi connectivity index (χ0n) is 11.9. The van der Waals surface area contributed by atoms with Gasteiger partial charge in [-0.3, -0.25) is 9.59 Å². The number of rotatable bonds is 4. The lowest BCUT2D eigenvalue weighted by molar-refractivity contribution is -0.119. The molecule has 0 saturated carbocycles. The standard InChI is InChI=1S/C13H18N2O4S/c1-7(10(14)16)15-11(17)8-5-20-6-9(8)12(18)19-13(2,3)4/h5-7H,1-4H3,(H2,14,16)(H,15,17). The summed E-state index contributed by atoms with van der Waals surface area (Å²) in [7, 11) is 0. The molecular weight excluding hydrogens is 280 g/mol. The van der Waals surface area contributed by atoms with Crippen LogP contribution in [0.2, 0.25) is 0 Å². The summed E-state index contributed by atoms with van der Waals surface area (Å²) in [5.74, 6) is -1.75. The first-order valence-electron chi connectivity index (χ1n) is 6.01. The van der Waals surface area contributed by atoms with Crippen LogP contribution in [0.4, 0.5) is 0 Å². The number of carbonyl (C=O) groups excluding carboxylic acids is 3. The number of nitrogens with two attached hydrogens (primary N) is 1. The fourth-order valence-corrected chi connectivity index (χ4v) is 2.11. The van der Waals surface area contributed by atoms with Crippen molar-refractivity contribution in [2.24, 2.45) is 5.73 Å². The predicted molar refractivity (Wildman–Crippen MR) is 75.6 cm³/mol. The third-order valence-corrected chi connectivity index (χ3v) is 3.04. The molecule has 20 heavy (non-hydrogen) atoms. The van der Waals surface area contributed by atoms with Gasteiger partial charge >= 0.3 is 5.97 Å². The molecule has 6 nitrogen and oxygen atoms in total. The van der Waals surface area contributed by atoms with E-state index in [1.54, 1.807) is 20.8 Å². The molecule has 0 aliphatic rings. The van der Waals surface area contributed by atoms with Gasteiger partial charge in [0.05, 0.1) is 11.1 Å². The van der Waals surface area contributed by atoms with Crippen molar-refractivity contribution >= 4 is 29.1 Å². The maximum Gasteiger partial charge on any atom is 0.340 e. The molecular formula is C13H18N2O4S. The van der Waals surface area contributed by atoms with Gasteiger partial charge in [-0.2, -0.15) is 11.3 Å². The van der Waals surface area contributed by atoms with Crippen molar-refractivity contribution in [3.05, 3.63) is 21.9 Å². The Morgan fingerprint density at radius 1 is 1.25 bits per heavy atom. The average Bonchev–Trinajstić information content (AvgIpc) is 2.74. The summed E-state index contributed by atoms with van der Waals surface area (Å²) >= 11 is 1.21. The molecule has 7 heteroatoms. The summed E-state index contributed by atoms with van der Waals surface area (Å²) in [5.41, 5.74) is 4.79. The minimum atomic E-state index is -0.811. The zero-order chi connectivity index (χ0) is 15.5. The number of nitrogens with one attached hydrogen (secondary N) is 1. The second kappa shape index (κ2) is 6.04. The molecule has 1 aromatic heterocycles. The van der Waals surface area contributed by atoms with Crippen LogP contribution in [-0.2, 0) is 9.53 Å². The van der Waals surface area contributed by atoms with Crippen molar-refractivity contribution in [3.8, 4) is 0 Å². The largest absolute Gasteiger partial charge is 0.456 e. The highest BCUT2D eigenvalue weighted by atomic mass is 32.1. The van der Waals surface area contributed by atoms with Gasteiger partial charge in [-0.15, -0.1) is 0 Å². The molecule has 0 aliphatic heterocycles. The maximum absolute atomic E-state index is 12.0.